The second kappa shape index (κ2) is 7.68. The summed E-state index contributed by atoms with van der Waals surface area (Å²) >= 11 is 0. The van der Waals surface area contributed by atoms with E-state index in [1.165, 1.54) is 24.3 Å². The summed E-state index contributed by atoms with van der Waals surface area (Å²) < 4.78 is 26.3. The highest BCUT2D eigenvalue weighted by atomic mass is 32.2. The molecule has 2 aromatic rings. The number of sulfonamides is 1. The maximum absolute atomic E-state index is 12.2. The molecule has 2 N–H and O–H groups in total. The van der Waals surface area contributed by atoms with Gasteiger partial charge in [0.15, 0.2) is 0 Å². The summed E-state index contributed by atoms with van der Waals surface area (Å²) in [5.74, 6) is 0.0792. The Labute approximate surface area is 140 Å². The molecule has 7 nitrogen and oxygen atoms in total. The smallest absolute Gasteiger partial charge is 0.256 e. The lowest BCUT2D eigenvalue weighted by atomic mass is 10.2. The van der Waals surface area contributed by atoms with Crippen LogP contribution >= 0.6 is 0 Å². The van der Waals surface area contributed by atoms with Gasteiger partial charge in [-0.25, -0.2) is 18.1 Å². The number of pyridine rings is 1. The highest BCUT2D eigenvalue weighted by molar-refractivity contribution is 7.89. The Hall–Kier alpha value is -2.76. The molecule has 0 spiro atoms. The predicted octanol–water partition coefficient (Wildman–Crippen LogP) is 1.83. The van der Waals surface area contributed by atoms with Crippen molar-refractivity contribution in [3.05, 3.63) is 53.7 Å². The monoisotopic (exact) mass is 344 g/mol. The third-order valence-corrected chi connectivity index (χ3v) is 4.67. The van der Waals surface area contributed by atoms with E-state index in [2.05, 4.69) is 15.0 Å². The first kappa shape index (κ1) is 17.6. The van der Waals surface area contributed by atoms with Crippen LogP contribution in [0, 0.1) is 18.3 Å². The summed E-state index contributed by atoms with van der Waals surface area (Å²) in [4.78, 5) is 16.3. The molecule has 1 aromatic carbocycles. The Morgan fingerprint density at radius 3 is 2.58 bits per heavy atom. The Morgan fingerprint density at radius 1 is 1.25 bits per heavy atom. The SMILES string of the molecule is Cc1cccnc1NC(=O)c1ccc(S(=O)(=O)NCCC#N)cc1. The number of hydrogen-bond acceptors (Lipinski definition) is 5. The second-order valence-corrected chi connectivity index (χ2v) is 6.72. The summed E-state index contributed by atoms with van der Waals surface area (Å²) in [5.41, 5.74) is 1.14. The van der Waals surface area contributed by atoms with E-state index in [9.17, 15) is 13.2 Å². The van der Waals surface area contributed by atoms with Crippen LogP contribution < -0.4 is 10.0 Å². The fraction of sp³-hybridized carbons (Fsp3) is 0.188. The Balaban J connectivity index is 2.10. The van der Waals surface area contributed by atoms with Crippen LogP contribution in [0.5, 0.6) is 0 Å². The first-order valence-corrected chi connectivity index (χ1v) is 8.62. The highest BCUT2D eigenvalue weighted by Gasteiger charge is 2.15. The molecule has 0 radical (unpaired) electrons. The van der Waals surface area contributed by atoms with Crippen molar-refractivity contribution in [1.82, 2.24) is 9.71 Å². The van der Waals surface area contributed by atoms with E-state index >= 15 is 0 Å². The summed E-state index contributed by atoms with van der Waals surface area (Å²) in [5, 5.41) is 11.1. The maximum Gasteiger partial charge on any atom is 0.256 e. The predicted molar refractivity (Wildman–Crippen MR) is 88.8 cm³/mol. The molecule has 1 heterocycles. The molecule has 124 valence electrons. The summed E-state index contributed by atoms with van der Waals surface area (Å²) in [6.07, 6.45) is 1.66. The lowest BCUT2D eigenvalue weighted by Crippen LogP contribution is -2.24. The van der Waals surface area contributed by atoms with Crippen molar-refractivity contribution in [3.8, 4) is 6.07 Å². The quantitative estimate of drug-likeness (QED) is 0.777. The van der Waals surface area contributed by atoms with E-state index < -0.39 is 10.0 Å². The number of nitrogens with one attached hydrogen (secondary N) is 2. The average molecular weight is 344 g/mol. The molecular weight excluding hydrogens is 328 g/mol. The van der Waals surface area contributed by atoms with Crippen LogP contribution in [-0.4, -0.2) is 25.9 Å². The third kappa shape index (κ3) is 4.38. The molecule has 0 atom stereocenters. The number of amides is 1. The largest absolute Gasteiger partial charge is 0.306 e. The molecule has 0 saturated carbocycles. The topological polar surface area (TPSA) is 112 Å². The van der Waals surface area contributed by atoms with Crippen molar-refractivity contribution in [2.45, 2.75) is 18.2 Å². The zero-order chi connectivity index (χ0) is 17.6. The lowest BCUT2D eigenvalue weighted by Gasteiger charge is -2.08. The number of nitriles is 1. The van der Waals surface area contributed by atoms with Gasteiger partial charge < -0.3 is 5.32 Å². The van der Waals surface area contributed by atoms with E-state index in [1.807, 2.05) is 19.1 Å². The van der Waals surface area contributed by atoms with Gasteiger partial charge in [0.25, 0.3) is 5.91 Å². The Morgan fingerprint density at radius 2 is 1.96 bits per heavy atom. The van der Waals surface area contributed by atoms with E-state index in [0.717, 1.165) is 5.56 Å². The van der Waals surface area contributed by atoms with E-state index in [0.29, 0.717) is 11.4 Å². The van der Waals surface area contributed by atoms with Crippen molar-refractivity contribution in [2.75, 3.05) is 11.9 Å². The van der Waals surface area contributed by atoms with Crippen LogP contribution in [0.15, 0.2) is 47.5 Å². The van der Waals surface area contributed by atoms with Crippen molar-refractivity contribution < 1.29 is 13.2 Å². The standard InChI is InChI=1S/C16H16N4O3S/c1-12-4-2-10-18-15(12)20-16(21)13-5-7-14(8-6-13)24(22,23)19-11-3-9-17/h2,4-8,10,19H,3,11H2,1H3,(H,18,20,21). The number of carbonyl (C=O) groups excluding carboxylic acids is 1. The third-order valence-electron chi connectivity index (χ3n) is 3.20. The van der Waals surface area contributed by atoms with E-state index in [4.69, 9.17) is 5.26 Å². The van der Waals surface area contributed by atoms with Crippen LogP contribution in [0.3, 0.4) is 0 Å². The summed E-state index contributed by atoms with van der Waals surface area (Å²) in [7, 11) is -3.69. The number of aromatic nitrogens is 1. The first-order chi connectivity index (χ1) is 11.4. The van der Waals surface area contributed by atoms with Gasteiger partial charge in [-0.3, -0.25) is 4.79 Å². The molecular formula is C16H16N4O3S. The second-order valence-electron chi connectivity index (χ2n) is 4.95. The minimum atomic E-state index is -3.69. The number of carbonyl (C=O) groups is 1. The molecule has 0 aliphatic heterocycles. The van der Waals surface area contributed by atoms with Crippen molar-refractivity contribution in [3.63, 3.8) is 0 Å². The molecule has 24 heavy (non-hydrogen) atoms. The first-order valence-electron chi connectivity index (χ1n) is 7.13. The summed E-state index contributed by atoms with van der Waals surface area (Å²) in [6, 6.07) is 11.0. The molecule has 0 saturated heterocycles. The fourth-order valence-corrected chi connectivity index (χ4v) is 2.94. The fourth-order valence-electron chi connectivity index (χ4n) is 1.91. The molecule has 2 rings (SSSR count). The van der Waals surface area contributed by atoms with Crippen LogP contribution in [0.4, 0.5) is 5.82 Å². The minimum Gasteiger partial charge on any atom is -0.306 e. The number of hydrogen-bond donors (Lipinski definition) is 2. The molecule has 8 heteroatoms. The van der Waals surface area contributed by atoms with Gasteiger partial charge in [0.2, 0.25) is 10.0 Å². The lowest BCUT2D eigenvalue weighted by molar-refractivity contribution is 0.102. The Bertz CT molecular complexity index is 871. The number of rotatable bonds is 6. The zero-order valence-electron chi connectivity index (χ0n) is 13.0. The van der Waals surface area contributed by atoms with Crippen molar-refractivity contribution >= 4 is 21.7 Å². The molecule has 0 aliphatic rings. The highest BCUT2D eigenvalue weighted by Crippen LogP contribution is 2.14. The number of anilines is 1. The van der Waals surface area contributed by atoms with Gasteiger partial charge in [-0.1, -0.05) is 6.07 Å². The maximum atomic E-state index is 12.2. The van der Waals surface area contributed by atoms with Crippen molar-refractivity contribution in [2.24, 2.45) is 0 Å². The van der Waals surface area contributed by atoms with Crippen molar-refractivity contribution in [1.29, 1.82) is 5.26 Å². The van der Waals surface area contributed by atoms with Gasteiger partial charge in [0.05, 0.1) is 11.0 Å². The van der Waals surface area contributed by atoms with E-state index in [-0.39, 0.29) is 23.8 Å². The molecule has 0 bridgehead atoms. The van der Waals surface area contributed by atoms with Gasteiger partial charge in [0, 0.05) is 24.7 Å². The molecule has 0 fully saturated rings. The van der Waals surface area contributed by atoms with Gasteiger partial charge in [-0.2, -0.15) is 5.26 Å². The number of benzene rings is 1. The minimum absolute atomic E-state index is 0.0333. The molecule has 1 amide bonds. The molecule has 1 aromatic heterocycles. The van der Waals surface area contributed by atoms with Gasteiger partial charge in [-0.15, -0.1) is 0 Å². The zero-order valence-corrected chi connectivity index (χ0v) is 13.8. The normalized spacial score (nSPS) is 10.8. The number of aryl methyl sites for hydroxylation is 1. The van der Waals surface area contributed by atoms with Gasteiger partial charge >= 0.3 is 0 Å². The van der Waals surface area contributed by atoms with E-state index in [1.54, 1.807) is 12.3 Å². The average Bonchev–Trinajstić information content (AvgIpc) is 2.57. The van der Waals surface area contributed by atoms with Gasteiger partial charge in [-0.05, 0) is 42.8 Å². The van der Waals surface area contributed by atoms with Gasteiger partial charge in [0.1, 0.15) is 5.82 Å². The van der Waals surface area contributed by atoms with Crippen LogP contribution in [0.1, 0.15) is 22.3 Å². The van der Waals surface area contributed by atoms with Crippen LogP contribution in [0.2, 0.25) is 0 Å². The Kier molecular flexibility index (Phi) is 5.63. The molecule has 0 unspecified atom stereocenters. The van der Waals surface area contributed by atoms with Crippen LogP contribution in [-0.2, 0) is 10.0 Å². The molecule has 0 aliphatic carbocycles. The summed E-state index contributed by atoms with van der Waals surface area (Å²) in [6.45, 7) is 1.87. The van der Waals surface area contributed by atoms with Crippen LogP contribution in [0.25, 0.3) is 0 Å². The number of nitrogens with zero attached hydrogens (tertiary/aromatic N) is 2.